The molecule has 1 atom stereocenters. The van der Waals surface area contributed by atoms with Gasteiger partial charge in [0.05, 0.1) is 6.04 Å². The SMILES string of the molecule is CCN(CC)CCNC(=O)CN1C(=O)c2ccccc2[C@H]1c1c(C)[nH]c2ccccc12. The summed E-state index contributed by atoms with van der Waals surface area (Å²) in [6, 6.07) is 15.5. The smallest absolute Gasteiger partial charge is 0.255 e. The molecule has 0 aliphatic carbocycles. The molecule has 3 aromatic rings. The normalized spacial score (nSPS) is 15.7. The largest absolute Gasteiger partial charge is 0.358 e. The number of aryl methyl sites for hydroxylation is 1. The first-order valence-electron chi connectivity index (χ1n) is 11.0. The minimum atomic E-state index is -0.284. The van der Waals surface area contributed by atoms with Crippen LogP contribution in [0, 0.1) is 6.92 Å². The highest BCUT2D eigenvalue weighted by Gasteiger charge is 2.40. The summed E-state index contributed by atoms with van der Waals surface area (Å²) in [5.74, 6) is -0.222. The Balaban J connectivity index is 1.63. The molecule has 0 radical (unpaired) electrons. The molecule has 6 nitrogen and oxygen atoms in total. The molecule has 2 N–H and O–H groups in total. The quantitative estimate of drug-likeness (QED) is 0.589. The van der Waals surface area contributed by atoms with Gasteiger partial charge in [0, 0.05) is 40.8 Å². The molecule has 31 heavy (non-hydrogen) atoms. The van der Waals surface area contributed by atoms with Gasteiger partial charge in [0.2, 0.25) is 5.91 Å². The van der Waals surface area contributed by atoms with E-state index in [-0.39, 0.29) is 24.4 Å². The number of benzene rings is 2. The number of nitrogens with one attached hydrogen (secondary N) is 2. The molecule has 2 amide bonds. The van der Waals surface area contributed by atoms with Crippen molar-refractivity contribution in [1.82, 2.24) is 20.1 Å². The number of aromatic nitrogens is 1. The maximum absolute atomic E-state index is 13.3. The third kappa shape index (κ3) is 3.95. The Morgan fingerprint density at radius 1 is 1.10 bits per heavy atom. The molecule has 2 heterocycles. The molecule has 162 valence electrons. The fraction of sp³-hybridized carbons (Fsp3) is 0.360. The van der Waals surface area contributed by atoms with Crippen molar-refractivity contribution in [2.75, 3.05) is 32.7 Å². The van der Waals surface area contributed by atoms with Crippen molar-refractivity contribution in [1.29, 1.82) is 0 Å². The van der Waals surface area contributed by atoms with Gasteiger partial charge in [-0.2, -0.15) is 0 Å². The molecule has 0 spiro atoms. The molecule has 0 bridgehead atoms. The number of likely N-dealkylation sites (N-methyl/N-ethyl adjacent to an activating group) is 1. The van der Waals surface area contributed by atoms with Crippen molar-refractivity contribution in [2.45, 2.75) is 26.8 Å². The van der Waals surface area contributed by atoms with Crippen molar-refractivity contribution in [3.05, 3.63) is 70.9 Å². The molecule has 6 heteroatoms. The van der Waals surface area contributed by atoms with Gasteiger partial charge < -0.3 is 20.1 Å². The van der Waals surface area contributed by atoms with E-state index < -0.39 is 0 Å². The van der Waals surface area contributed by atoms with Gasteiger partial charge in [-0.1, -0.05) is 50.2 Å². The van der Waals surface area contributed by atoms with Gasteiger partial charge in [-0.15, -0.1) is 0 Å². The van der Waals surface area contributed by atoms with Crippen LogP contribution in [0.2, 0.25) is 0 Å². The Kier molecular flexibility index (Phi) is 6.09. The zero-order chi connectivity index (χ0) is 22.0. The number of carbonyl (C=O) groups excluding carboxylic acids is 2. The maximum atomic E-state index is 13.3. The maximum Gasteiger partial charge on any atom is 0.255 e. The Bertz CT molecular complexity index is 1100. The molecule has 1 aliphatic rings. The second-order valence-electron chi connectivity index (χ2n) is 8.01. The zero-order valence-electron chi connectivity index (χ0n) is 18.4. The molecule has 1 aromatic heterocycles. The number of amides is 2. The Morgan fingerprint density at radius 2 is 1.81 bits per heavy atom. The molecule has 0 saturated carbocycles. The summed E-state index contributed by atoms with van der Waals surface area (Å²) in [6.45, 7) is 9.57. The Morgan fingerprint density at radius 3 is 2.58 bits per heavy atom. The van der Waals surface area contributed by atoms with Crippen LogP contribution in [0.3, 0.4) is 0 Å². The average molecular weight is 419 g/mol. The Labute approximate surface area is 183 Å². The van der Waals surface area contributed by atoms with Crippen LogP contribution in [0.5, 0.6) is 0 Å². The van der Waals surface area contributed by atoms with Crippen LogP contribution in [-0.2, 0) is 4.79 Å². The number of rotatable bonds is 8. The second-order valence-corrected chi connectivity index (χ2v) is 8.01. The van der Waals surface area contributed by atoms with Crippen LogP contribution in [0.4, 0.5) is 0 Å². The van der Waals surface area contributed by atoms with E-state index >= 15 is 0 Å². The lowest BCUT2D eigenvalue weighted by Crippen LogP contribution is -2.42. The number of fused-ring (bicyclic) bond motifs is 2. The molecular weight excluding hydrogens is 388 g/mol. The highest BCUT2D eigenvalue weighted by molar-refractivity contribution is 6.02. The van der Waals surface area contributed by atoms with E-state index in [1.807, 2.05) is 49.4 Å². The molecule has 0 saturated heterocycles. The average Bonchev–Trinajstić information content (AvgIpc) is 3.24. The molecule has 1 aliphatic heterocycles. The van der Waals surface area contributed by atoms with Gasteiger partial charge >= 0.3 is 0 Å². The lowest BCUT2D eigenvalue weighted by molar-refractivity contribution is -0.122. The summed E-state index contributed by atoms with van der Waals surface area (Å²) in [5, 5.41) is 4.08. The van der Waals surface area contributed by atoms with Crippen molar-refractivity contribution in [3.63, 3.8) is 0 Å². The first-order chi connectivity index (χ1) is 15.0. The van der Waals surface area contributed by atoms with Gasteiger partial charge in [-0.25, -0.2) is 0 Å². The number of carbonyl (C=O) groups is 2. The third-order valence-corrected chi connectivity index (χ3v) is 6.23. The van der Waals surface area contributed by atoms with Crippen molar-refractivity contribution in [3.8, 4) is 0 Å². The highest BCUT2D eigenvalue weighted by Crippen LogP contribution is 2.42. The first-order valence-corrected chi connectivity index (χ1v) is 11.0. The van der Waals surface area contributed by atoms with E-state index in [2.05, 4.69) is 35.1 Å². The summed E-state index contributed by atoms with van der Waals surface area (Å²) < 4.78 is 0. The first kappa shape index (κ1) is 21.1. The minimum Gasteiger partial charge on any atom is -0.358 e. The predicted molar refractivity (Wildman–Crippen MR) is 123 cm³/mol. The lowest BCUT2D eigenvalue weighted by atomic mass is 9.95. The molecule has 0 unspecified atom stereocenters. The molecule has 2 aromatic carbocycles. The number of para-hydroxylation sites is 1. The number of hydrogen-bond acceptors (Lipinski definition) is 3. The summed E-state index contributed by atoms with van der Waals surface area (Å²) >= 11 is 0. The van der Waals surface area contributed by atoms with Gasteiger partial charge in [-0.3, -0.25) is 9.59 Å². The predicted octanol–water partition coefficient (Wildman–Crippen LogP) is 3.48. The second kappa shape index (κ2) is 8.94. The Hall–Kier alpha value is -3.12. The highest BCUT2D eigenvalue weighted by atomic mass is 16.2. The van der Waals surface area contributed by atoms with E-state index in [1.165, 1.54) is 0 Å². The van der Waals surface area contributed by atoms with Crippen LogP contribution < -0.4 is 5.32 Å². The van der Waals surface area contributed by atoms with Crippen molar-refractivity contribution >= 4 is 22.7 Å². The number of nitrogens with zero attached hydrogens (tertiary/aromatic N) is 2. The fourth-order valence-corrected chi connectivity index (χ4v) is 4.60. The molecule has 4 rings (SSSR count). The van der Waals surface area contributed by atoms with Gasteiger partial charge in [0.15, 0.2) is 0 Å². The van der Waals surface area contributed by atoms with Crippen LogP contribution >= 0.6 is 0 Å². The third-order valence-electron chi connectivity index (χ3n) is 6.23. The van der Waals surface area contributed by atoms with Crippen LogP contribution in [0.25, 0.3) is 10.9 Å². The summed E-state index contributed by atoms with van der Waals surface area (Å²) in [7, 11) is 0. The lowest BCUT2D eigenvalue weighted by Gasteiger charge is -2.26. The summed E-state index contributed by atoms with van der Waals surface area (Å²) in [5.41, 5.74) is 4.74. The summed E-state index contributed by atoms with van der Waals surface area (Å²) in [6.07, 6.45) is 0. The minimum absolute atomic E-state index is 0.0371. The summed E-state index contributed by atoms with van der Waals surface area (Å²) in [4.78, 5) is 33.5. The topological polar surface area (TPSA) is 68.4 Å². The van der Waals surface area contributed by atoms with Gasteiger partial charge in [0.25, 0.3) is 5.91 Å². The number of H-pyrrole nitrogens is 1. The van der Waals surface area contributed by atoms with Crippen molar-refractivity contribution < 1.29 is 9.59 Å². The van der Waals surface area contributed by atoms with E-state index in [0.29, 0.717) is 12.1 Å². The number of hydrogen-bond donors (Lipinski definition) is 2. The fourth-order valence-electron chi connectivity index (χ4n) is 4.60. The molecule has 0 fully saturated rings. The standard InChI is InChI=1S/C25H30N4O2/c1-4-28(5-2)15-14-26-22(30)16-29-24(18-10-6-7-11-19(18)25(29)31)23-17(3)27-21-13-9-8-12-20(21)23/h6-13,24,27H,4-5,14-16H2,1-3H3,(H,26,30)/t24-/m0/s1. The van der Waals surface area contributed by atoms with Gasteiger partial charge in [0.1, 0.15) is 6.54 Å². The molecular formula is C25H30N4O2. The van der Waals surface area contributed by atoms with E-state index in [9.17, 15) is 9.59 Å². The van der Waals surface area contributed by atoms with Crippen LogP contribution in [-0.4, -0.2) is 59.3 Å². The van der Waals surface area contributed by atoms with E-state index in [1.54, 1.807) is 4.90 Å². The zero-order valence-corrected chi connectivity index (χ0v) is 18.4. The van der Waals surface area contributed by atoms with Gasteiger partial charge in [-0.05, 0) is 37.7 Å². The van der Waals surface area contributed by atoms with E-state index in [0.717, 1.165) is 47.4 Å². The number of aromatic amines is 1. The van der Waals surface area contributed by atoms with Crippen molar-refractivity contribution in [2.24, 2.45) is 0 Å². The van der Waals surface area contributed by atoms with Crippen LogP contribution in [0.15, 0.2) is 48.5 Å². The van der Waals surface area contributed by atoms with Crippen LogP contribution in [0.1, 0.15) is 47.1 Å². The van der Waals surface area contributed by atoms with E-state index in [4.69, 9.17) is 0 Å². The monoisotopic (exact) mass is 418 g/mol.